The van der Waals surface area contributed by atoms with E-state index in [1.54, 1.807) is 19.2 Å². The van der Waals surface area contributed by atoms with Crippen LogP contribution in [0.4, 0.5) is 0 Å². The van der Waals surface area contributed by atoms with E-state index in [1.807, 2.05) is 0 Å². The molecule has 0 N–H and O–H groups in total. The van der Waals surface area contributed by atoms with Gasteiger partial charge in [-0.1, -0.05) is 0 Å². The first-order valence-corrected chi connectivity index (χ1v) is 4.36. The first kappa shape index (κ1) is 9.25. The summed E-state index contributed by atoms with van der Waals surface area (Å²) in [5, 5.41) is 3.91. The Bertz CT molecular complexity index is 272. The molecular formula is C7H9BrN2O2. The van der Waals surface area contributed by atoms with E-state index in [-0.39, 0.29) is 12.5 Å². The van der Waals surface area contributed by atoms with Gasteiger partial charge in [0.05, 0.1) is 12.8 Å². The molecule has 0 aliphatic rings. The van der Waals surface area contributed by atoms with Crippen LogP contribution in [-0.4, -0.2) is 22.4 Å². The fourth-order valence-electron chi connectivity index (χ4n) is 0.762. The number of nitrogens with zero attached hydrogens (tertiary/aromatic N) is 2. The summed E-state index contributed by atoms with van der Waals surface area (Å²) in [6.45, 7) is 2.33. The molecule has 1 aromatic heterocycles. The number of carbonyl (C=O) groups is 1. The number of carbonyl (C=O) groups excluding carboxylic acids is 1. The third-order valence-electron chi connectivity index (χ3n) is 1.25. The third kappa shape index (κ3) is 2.34. The van der Waals surface area contributed by atoms with Crippen molar-refractivity contribution in [2.24, 2.45) is 0 Å². The largest absolute Gasteiger partial charge is 0.465 e. The van der Waals surface area contributed by atoms with Crippen molar-refractivity contribution in [2.75, 3.05) is 6.61 Å². The number of esters is 1. The average Bonchev–Trinajstić information content (AvgIpc) is 2.37. The lowest BCUT2D eigenvalue weighted by atomic mass is 10.6. The van der Waals surface area contributed by atoms with Gasteiger partial charge in [-0.25, -0.2) is 4.68 Å². The van der Waals surface area contributed by atoms with Crippen molar-refractivity contribution in [1.82, 2.24) is 9.78 Å². The molecule has 0 bridgehead atoms. The Hall–Kier alpha value is -0.840. The molecule has 12 heavy (non-hydrogen) atoms. The fraction of sp³-hybridized carbons (Fsp3) is 0.429. The standard InChI is InChI=1S/C7H9BrN2O2/c1-2-12-7(11)5-10-6(8)3-4-9-10/h3-4H,2,5H2,1H3. The van der Waals surface area contributed by atoms with Gasteiger partial charge in [-0.15, -0.1) is 0 Å². The maximum atomic E-state index is 11.0. The van der Waals surface area contributed by atoms with E-state index >= 15 is 0 Å². The highest BCUT2D eigenvalue weighted by Gasteiger charge is 2.05. The molecule has 1 heterocycles. The SMILES string of the molecule is CCOC(=O)Cn1nccc1Br. The van der Waals surface area contributed by atoms with Crippen molar-refractivity contribution in [1.29, 1.82) is 0 Å². The Morgan fingerprint density at radius 3 is 3.08 bits per heavy atom. The van der Waals surface area contributed by atoms with Gasteiger partial charge >= 0.3 is 5.97 Å². The molecule has 0 unspecified atom stereocenters. The van der Waals surface area contributed by atoms with Gasteiger partial charge in [-0.3, -0.25) is 4.79 Å². The quantitative estimate of drug-likeness (QED) is 0.737. The summed E-state index contributed by atoms with van der Waals surface area (Å²) in [5.41, 5.74) is 0. The number of hydrogen-bond donors (Lipinski definition) is 0. The van der Waals surface area contributed by atoms with Crippen LogP contribution in [0.5, 0.6) is 0 Å². The Morgan fingerprint density at radius 2 is 2.58 bits per heavy atom. The number of halogens is 1. The van der Waals surface area contributed by atoms with E-state index in [0.29, 0.717) is 6.61 Å². The Kier molecular flexibility index (Phi) is 3.28. The maximum absolute atomic E-state index is 11.0. The van der Waals surface area contributed by atoms with Crippen LogP contribution in [0.25, 0.3) is 0 Å². The smallest absolute Gasteiger partial charge is 0.327 e. The summed E-state index contributed by atoms with van der Waals surface area (Å²) in [6.07, 6.45) is 1.61. The lowest BCUT2D eigenvalue weighted by molar-refractivity contribution is -0.144. The Labute approximate surface area is 78.6 Å². The van der Waals surface area contributed by atoms with E-state index in [0.717, 1.165) is 4.60 Å². The second kappa shape index (κ2) is 4.25. The Balaban J connectivity index is 2.52. The molecule has 0 aromatic carbocycles. The minimum absolute atomic E-state index is 0.154. The van der Waals surface area contributed by atoms with Crippen LogP contribution in [0.1, 0.15) is 6.92 Å². The number of rotatable bonds is 3. The zero-order valence-corrected chi connectivity index (χ0v) is 8.24. The number of ether oxygens (including phenoxy) is 1. The minimum atomic E-state index is -0.276. The summed E-state index contributed by atoms with van der Waals surface area (Å²) in [4.78, 5) is 11.0. The molecule has 0 spiro atoms. The van der Waals surface area contributed by atoms with E-state index in [4.69, 9.17) is 4.74 Å². The van der Waals surface area contributed by atoms with Gasteiger partial charge in [0, 0.05) is 0 Å². The summed E-state index contributed by atoms with van der Waals surface area (Å²) in [7, 11) is 0. The van der Waals surface area contributed by atoms with Crippen LogP contribution in [0.3, 0.4) is 0 Å². The van der Waals surface area contributed by atoms with Crippen LogP contribution in [0.2, 0.25) is 0 Å². The average molecular weight is 233 g/mol. The monoisotopic (exact) mass is 232 g/mol. The Morgan fingerprint density at radius 1 is 1.83 bits per heavy atom. The second-order valence-electron chi connectivity index (χ2n) is 2.12. The predicted octanol–water partition coefficient (Wildman–Crippen LogP) is 1.21. The molecule has 0 fully saturated rings. The van der Waals surface area contributed by atoms with Gasteiger partial charge < -0.3 is 4.74 Å². The molecule has 0 saturated heterocycles. The van der Waals surface area contributed by atoms with Crippen LogP contribution in [-0.2, 0) is 16.1 Å². The molecule has 4 nitrogen and oxygen atoms in total. The highest BCUT2D eigenvalue weighted by Crippen LogP contribution is 2.07. The summed E-state index contributed by atoms with van der Waals surface area (Å²) in [5.74, 6) is -0.276. The number of aromatic nitrogens is 2. The lowest BCUT2D eigenvalue weighted by Crippen LogP contribution is -2.14. The van der Waals surface area contributed by atoms with Gasteiger partial charge in [0.2, 0.25) is 0 Å². The highest BCUT2D eigenvalue weighted by molar-refractivity contribution is 9.10. The topological polar surface area (TPSA) is 44.1 Å². The molecule has 5 heteroatoms. The molecule has 66 valence electrons. The minimum Gasteiger partial charge on any atom is -0.465 e. The molecule has 0 radical (unpaired) electrons. The lowest BCUT2D eigenvalue weighted by Gasteiger charge is -2.02. The molecule has 1 rings (SSSR count). The van der Waals surface area contributed by atoms with Crippen molar-refractivity contribution in [3.63, 3.8) is 0 Å². The van der Waals surface area contributed by atoms with E-state index in [1.165, 1.54) is 4.68 Å². The maximum Gasteiger partial charge on any atom is 0.327 e. The zero-order chi connectivity index (χ0) is 8.97. The molecule has 0 aliphatic carbocycles. The molecular weight excluding hydrogens is 224 g/mol. The molecule has 0 aliphatic heterocycles. The van der Waals surface area contributed by atoms with Crippen LogP contribution >= 0.6 is 15.9 Å². The third-order valence-corrected chi connectivity index (χ3v) is 1.92. The molecule has 0 amide bonds. The summed E-state index contributed by atoms with van der Waals surface area (Å²) < 4.78 is 7.05. The van der Waals surface area contributed by atoms with Gasteiger partial charge in [0.25, 0.3) is 0 Å². The van der Waals surface area contributed by atoms with Crippen molar-refractivity contribution in [3.8, 4) is 0 Å². The van der Waals surface area contributed by atoms with Crippen molar-refractivity contribution in [3.05, 3.63) is 16.9 Å². The zero-order valence-electron chi connectivity index (χ0n) is 6.66. The predicted molar refractivity (Wildman–Crippen MR) is 46.6 cm³/mol. The van der Waals surface area contributed by atoms with E-state index in [2.05, 4.69) is 21.0 Å². The highest BCUT2D eigenvalue weighted by atomic mass is 79.9. The molecule has 0 saturated carbocycles. The summed E-state index contributed by atoms with van der Waals surface area (Å²) >= 11 is 3.24. The van der Waals surface area contributed by atoms with Crippen molar-refractivity contribution in [2.45, 2.75) is 13.5 Å². The van der Waals surface area contributed by atoms with Crippen molar-refractivity contribution >= 4 is 21.9 Å². The van der Waals surface area contributed by atoms with Crippen LogP contribution in [0, 0.1) is 0 Å². The first-order chi connectivity index (χ1) is 5.74. The van der Waals surface area contributed by atoms with Crippen molar-refractivity contribution < 1.29 is 9.53 Å². The van der Waals surface area contributed by atoms with E-state index in [9.17, 15) is 4.79 Å². The van der Waals surface area contributed by atoms with Crippen LogP contribution in [0.15, 0.2) is 16.9 Å². The second-order valence-corrected chi connectivity index (χ2v) is 2.93. The van der Waals surface area contributed by atoms with Gasteiger partial charge in [-0.05, 0) is 28.9 Å². The summed E-state index contributed by atoms with van der Waals surface area (Å²) in [6, 6.07) is 1.76. The van der Waals surface area contributed by atoms with Gasteiger partial charge in [0.1, 0.15) is 11.1 Å². The van der Waals surface area contributed by atoms with Gasteiger partial charge in [-0.2, -0.15) is 5.10 Å². The first-order valence-electron chi connectivity index (χ1n) is 3.57. The molecule has 0 atom stereocenters. The van der Waals surface area contributed by atoms with E-state index < -0.39 is 0 Å². The molecule has 1 aromatic rings. The fourth-order valence-corrected chi connectivity index (χ4v) is 1.10. The van der Waals surface area contributed by atoms with Crippen LogP contribution < -0.4 is 0 Å². The van der Waals surface area contributed by atoms with Gasteiger partial charge in [0.15, 0.2) is 0 Å². The normalized spacial score (nSPS) is 9.83. The number of hydrogen-bond acceptors (Lipinski definition) is 3.